The SMILES string of the molecule is CCCCCN1C(=O)N=C2C=C(C(=O)NCc3ccco3)C=CC2C1=O. The Morgan fingerprint density at radius 2 is 2.19 bits per heavy atom. The number of carbonyl (C=O) groups is 3. The number of rotatable bonds is 7. The van der Waals surface area contributed by atoms with Crippen LogP contribution in [0.1, 0.15) is 31.9 Å². The maximum atomic E-state index is 12.6. The number of imide groups is 1. The minimum Gasteiger partial charge on any atom is -0.467 e. The number of urea groups is 1. The fraction of sp³-hybridized carbons (Fsp3) is 0.368. The van der Waals surface area contributed by atoms with Crippen molar-refractivity contribution in [3.05, 3.63) is 48.0 Å². The first-order valence-corrected chi connectivity index (χ1v) is 8.74. The molecule has 0 saturated heterocycles. The average molecular weight is 355 g/mol. The lowest BCUT2D eigenvalue weighted by atomic mass is 9.91. The first-order chi connectivity index (χ1) is 12.6. The van der Waals surface area contributed by atoms with Crippen molar-refractivity contribution in [2.45, 2.75) is 32.7 Å². The molecule has 26 heavy (non-hydrogen) atoms. The number of nitrogens with zero attached hydrogens (tertiary/aromatic N) is 2. The Hall–Kier alpha value is -2.96. The van der Waals surface area contributed by atoms with Crippen molar-refractivity contribution < 1.29 is 18.8 Å². The summed E-state index contributed by atoms with van der Waals surface area (Å²) in [7, 11) is 0. The highest BCUT2D eigenvalue weighted by Crippen LogP contribution is 2.22. The zero-order valence-electron chi connectivity index (χ0n) is 14.6. The number of aliphatic imine (C=N–C) groups is 1. The van der Waals surface area contributed by atoms with Crippen LogP contribution in [-0.2, 0) is 16.1 Å². The van der Waals surface area contributed by atoms with Crippen LogP contribution in [0.5, 0.6) is 0 Å². The van der Waals surface area contributed by atoms with Gasteiger partial charge in [-0.05, 0) is 24.6 Å². The van der Waals surface area contributed by atoms with Crippen LogP contribution < -0.4 is 5.32 Å². The van der Waals surface area contributed by atoms with Crippen molar-refractivity contribution in [3.8, 4) is 0 Å². The van der Waals surface area contributed by atoms with Crippen molar-refractivity contribution in [2.24, 2.45) is 10.9 Å². The molecular formula is C19H21N3O4. The standard InChI is InChI=1S/C19H21N3O4/c1-2-3-4-9-22-18(24)15-8-7-13(11-16(15)21-19(22)25)17(23)20-12-14-6-5-10-26-14/h5-8,10-11,15H,2-4,9,12H2,1H3,(H,20,23). The third-order valence-corrected chi connectivity index (χ3v) is 4.33. The Kier molecular flexibility index (Phi) is 5.46. The second-order valence-corrected chi connectivity index (χ2v) is 6.21. The van der Waals surface area contributed by atoms with Crippen LogP contribution in [0.3, 0.4) is 0 Å². The van der Waals surface area contributed by atoms with Gasteiger partial charge in [0, 0.05) is 12.1 Å². The van der Waals surface area contributed by atoms with Crippen LogP contribution in [0.15, 0.2) is 51.6 Å². The Bertz CT molecular complexity index is 790. The molecule has 1 aliphatic carbocycles. The van der Waals surface area contributed by atoms with Crippen LogP contribution in [0, 0.1) is 5.92 Å². The highest BCUT2D eigenvalue weighted by atomic mass is 16.3. The second-order valence-electron chi connectivity index (χ2n) is 6.21. The normalized spacial score (nSPS) is 19.1. The molecule has 0 bridgehead atoms. The van der Waals surface area contributed by atoms with E-state index in [1.54, 1.807) is 24.3 Å². The van der Waals surface area contributed by atoms with Crippen molar-refractivity contribution >= 4 is 23.6 Å². The molecule has 0 spiro atoms. The summed E-state index contributed by atoms with van der Waals surface area (Å²) in [5.41, 5.74) is 0.670. The molecule has 7 heteroatoms. The molecule has 2 aliphatic rings. The molecule has 3 rings (SSSR count). The predicted molar refractivity (Wildman–Crippen MR) is 95.3 cm³/mol. The van der Waals surface area contributed by atoms with Gasteiger partial charge in [0.15, 0.2) is 0 Å². The summed E-state index contributed by atoms with van der Waals surface area (Å²) < 4.78 is 5.17. The van der Waals surface area contributed by atoms with Gasteiger partial charge < -0.3 is 9.73 Å². The topological polar surface area (TPSA) is 92.0 Å². The molecule has 1 aromatic rings. The Balaban J connectivity index is 1.68. The average Bonchev–Trinajstić information content (AvgIpc) is 3.15. The number of nitrogens with one attached hydrogen (secondary N) is 1. The molecule has 0 fully saturated rings. The fourth-order valence-electron chi connectivity index (χ4n) is 2.89. The van der Waals surface area contributed by atoms with Gasteiger partial charge in [0.1, 0.15) is 5.76 Å². The summed E-state index contributed by atoms with van der Waals surface area (Å²) in [6.45, 7) is 2.70. The molecule has 1 N–H and O–H groups in total. The van der Waals surface area contributed by atoms with Gasteiger partial charge in [0.25, 0.3) is 5.91 Å². The largest absolute Gasteiger partial charge is 0.467 e. The maximum Gasteiger partial charge on any atom is 0.350 e. The molecule has 1 aliphatic heterocycles. The highest BCUT2D eigenvalue weighted by Gasteiger charge is 2.36. The molecule has 2 heterocycles. The van der Waals surface area contributed by atoms with E-state index in [1.165, 1.54) is 17.2 Å². The number of hydrogen-bond donors (Lipinski definition) is 1. The number of unbranched alkanes of at least 4 members (excludes halogenated alkanes) is 2. The summed E-state index contributed by atoms with van der Waals surface area (Å²) in [5.74, 6) is -0.557. The molecule has 1 unspecified atom stereocenters. The summed E-state index contributed by atoms with van der Waals surface area (Å²) in [4.78, 5) is 42.2. The molecule has 7 nitrogen and oxygen atoms in total. The van der Waals surface area contributed by atoms with Crippen molar-refractivity contribution in [2.75, 3.05) is 6.54 Å². The van der Waals surface area contributed by atoms with E-state index in [4.69, 9.17) is 4.42 Å². The van der Waals surface area contributed by atoms with E-state index in [0.29, 0.717) is 23.6 Å². The molecule has 1 atom stereocenters. The van der Waals surface area contributed by atoms with E-state index in [0.717, 1.165) is 19.3 Å². The van der Waals surface area contributed by atoms with Gasteiger partial charge in [-0.3, -0.25) is 14.5 Å². The van der Waals surface area contributed by atoms with Gasteiger partial charge in [-0.15, -0.1) is 0 Å². The third kappa shape index (κ3) is 3.82. The van der Waals surface area contributed by atoms with Crippen LogP contribution in [0.4, 0.5) is 4.79 Å². The van der Waals surface area contributed by atoms with E-state index in [2.05, 4.69) is 17.2 Å². The quantitative estimate of drug-likeness (QED) is 0.761. The van der Waals surface area contributed by atoms with E-state index >= 15 is 0 Å². The number of fused-ring (bicyclic) bond motifs is 1. The summed E-state index contributed by atoms with van der Waals surface area (Å²) >= 11 is 0. The molecule has 0 saturated carbocycles. The minimum atomic E-state index is -0.601. The number of carbonyl (C=O) groups excluding carboxylic acids is 3. The van der Waals surface area contributed by atoms with E-state index in [9.17, 15) is 14.4 Å². The van der Waals surface area contributed by atoms with Gasteiger partial charge in [0.2, 0.25) is 5.91 Å². The smallest absolute Gasteiger partial charge is 0.350 e. The number of furan rings is 1. The number of hydrogen-bond acceptors (Lipinski definition) is 4. The van der Waals surface area contributed by atoms with Gasteiger partial charge >= 0.3 is 6.03 Å². The lowest BCUT2D eigenvalue weighted by Gasteiger charge is -2.28. The molecule has 1 aromatic heterocycles. The molecule has 0 radical (unpaired) electrons. The zero-order valence-corrected chi connectivity index (χ0v) is 14.6. The monoisotopic (exact) mass is 355 g/mol. The van der Waals surface area contributed by atoms with E-state index < -0.39 is 11.9 Å². The zero-order chi connectivity index (χ0) is 18.5. The Morgan fingerprint density at radius 1 is 1.35 bits per heavy atom. The summed E-state index contributed by atoms with van der Waals surface area (Å²) in [5, 5.41) is 2.73. The van der Waals surface area contributed by atoms with Gasteiger partial charge in [-0.25, -0.2) is 4.79 Å². The van der Waals surface area contributed by atoms with Gasteiger partial charge in [0.05, 0.1) is 24.4 Å². The van der Waals surface area contributed by atoms with E-state index in [-0.39, 0.29) is 18.4 Å². The van der Waals surface area contributed by atoms with Crippen molar-refractivity contribution in [1.82, 2.24) is 10.2 Å². The first-order valence-electron chi connectivity index (χ1n) is 8.74. The van der Waals surface area contributed by atoms with Gasteiger partial charge in [-0.2, -0.15) is 4.99 Å². The lowest BCUT2D eigenvalue weighted by Crippen LogP contribution is -2.46. The predicted octanol–water partition coefficient (Wildman–Crippen LogP) is 2.60. The van der Waals surface area contributed by atoms with Crippen LogP contribution in [0.25, 0.3) is 0 Å². The highest BCUT2D eigenvalue weighted by molar-refractivity contribution is 6.23. The number of amides is 4. The van der Waals surface area contributed by atoms with Crippen LogP contribution in [0.2, 0.25) is 0 Å². The number of allylic oxidation sites excluding steroid dienone is 1. The molecule has 4 amide bonds. The first kappa shape index (κ1) is 17.8. The molecular weight excluding hydrogens is 334 g/mol. The third-order valence-electron chi connectivity index (χ3n) is 4.33. The fourth-order valence-corrected chi connectivity index (χ4v) is 2.89. The minimum absolute atomic E-state index is 0.260. The lowest BCUT2D eigenvalue weighted by molar-refractivity contribution is -0.129. The molecule has 136 valence electrons. The Labute approximate surface area is 151 Å². The van der Waals surface area contributed by atoms with E-state index in [1.807, 2.05) is 0 Å². The molecule has 0 aromatic carbocycles. The van der Waals surface area contributed by atoms with Crippen molar-refractivity contribution in [3.63, 3.8) is 0 Å². The van der Waals surface area contributed by atoms with Crippen LogP contribution in [-0.4, -0.2) is 35.0 Å². The maximum absolute atomic E-state index is 12.6. The Morgan fingerprint density at radius 3 is 2.92 bits per heavy atom. The summed E-state index contributed by atoms with van der Waals surface area (Å²) in [6, 6.07) is 2.95. The van der Waals surface area contributed by atoms with Gasteiger partial charge in [-0.1, -0.05) is 31.9 Å². The summed E-state index contributed by atoms with van der Waals surface area (Å²) in [6.07, 6.45) is 8.99. The van der Waals surface area contributed by atoms with Crippen molar-refractivity contribution in [1.29, 1.82) is 0 Å². The second kappa shape index (κ2) is 7.95. The van der Waals surface area contributed by atoms with Crippen LogP contribution >= 0.6 is 0 Å².